The van der Waals surface area contributed by atoms with Crippen LogP contribution in [0.15, 0.2) is 27.2 Å². The Hall–Kier alpha value is -2.00. The number of halogens is 1. The van der Waals surface area contributed by atoms with Crippen molar-refractivity contribution in [2.75, 3.05) is 6.54 Å². The van der Waals surface area contributed by atoms with Gasteiger partial charge in [-0.05, 0) is 39.4 Å². The van der Waals surface area contributed by atoms with Gasteiger partial charge in [0.05, 0.1) is 0 Å². The molecule has 0 N–H and O–H groups in total. The van der Waals surface area contributed by atoms with Gasteiger partial charge in [0.1, 0.15) is 22.9 Å². The molecular weight excluding hydrogens is 394 g/mol. The molecule has 0 unspecified atom stereocenters. The van der Waals surface area contributed by atoms with E-state index in [9.17, 15) is 9.59 Å². The van der Waals surface area contributed by atoms with Gasteiger partial charge < -0.3 is 4.90 Å². The molecule has 9 heteroatoms. The highest BCUT2D eigenvalue weighted by Gasteiger charge is 2.22. The summed E-state index contributed by atoms with van der Waals surface area (Å²) in [5, 5.41) is 6.59. The number of hydrogen-bond acceptors (Lipinski definition) is 5. The summed E-state index contributed by atoms with van der Waals surface area (Å²) < 4.78 is 3.33. The lowest BCUT2D eigenvalue weighted by Crippen LogP contribution is -2.39. The maximum Gasteiger partial charge on any atom is 0.266 e. The Bertz CT molecular complexity index is 1010. The van der Waals surface area contributed by atoms with Gasteiger partial charge in [0.15, 0.2) is 5.65 Å². The van der Waals surface area contributed by atoms with Crippen molar-refractivity contribution in [2.45, 2.75) is 19.5 Å². The van der Waals surface area contributed by atoms with Crippen LogP contribution in [0.25, 0.3) is 11.0 Å². The molecule has 0 spiro atoms. The largest absolute Gasteiger partial charge is 0.336 e. The van der Waals surface area contributed by atoms with Crippen LogP contribution >= 0.6 is 27.3 Å². The Morgan fingerprint density at radius 2 is 2.29 bits per heavy atom. The summed E-state index contributed by atoms with van der Waals surface area (Å²) >= 11 is 5.01. The number of thiophene rings is 1. The number of fused-ring (bicyclic) bond motifs is 2. The number of carbonyl (C=O) groups excluding carboxylic acids is 1. The van der Waals surface area contributed by atoms with Crippen LogP contribution in [0.4, 0.5) is 0 Å². The van der Waals surface area contributed by atoms with Gasteiger partial charge in [-0.1, -0.05) is 0 Å². The first-order valence-electron chi connectivity index (χ1n) is 7.45. The average Bonchev–Trinajstić information content (AvgIpc) is 3.14. The molecule has 0 bridgehead atoms. The summed E-state index contributed by atoms with van der Waals surface area (Å²) in [6.07, 6.45) is 2.29. The van der Waals surface area contributed by atoms with Crippen molar-refractivity contribution >= 4 is 44.2 Å². The van der Waals surface area contributed by atoms with Crippen molar-refractivity contribution in [3.63, 3.8) is 0 Å². The molecule has 0 fully saturated rings. The van der Waals surface area contributed by atoms with Gasteiger partial charge in [0, 0.05) is 25.0 Å². The van der Waals surface area contributed by atoms with Gasteiger partial charge in [-0.2, -0.15) is 5.10 Å². The monoisotopic (exact) mass is 407 g/mol. The topological polar surface area (TPSA) is 73.0 Å². The normalized spacial score (nSPS) is 14.2. The van der Waals surface area contributed by atoms with Crippen LogP contribution in [0.1, 0.15) is 10.4 Å². The molecule has 0 saturated carbocycles. The maximum atomic E-state index is 12.6. The molecule has 0 radical (unpaired) electrons. The molecule has 3 aromatic rings. The van der Waals surface area contributed by atoms with E-state index in [0.29, 0.717) is 28.7 Å². The molecule has 24 heavy (non-hydrogen) atoms. The zero-order valence-corrected chi connectivity index (χ0v) is 15.3. The quantitative estimate of drug-likeness (QED) is 0.645. The summed E-state index contributed by atoms with van der Waals surface area (Å²) in [5.74, 6) is -0.0740. The van der Waals surface area contributed by atoms with Gasteiger partial charge >= 0.3 is 0 Å². The van der Waals surface area contributed by atoms with Crippen molar-refractivity contribution in [3.05, 3.63) is 43.2 Å². The van der Waals surface area contributed by atoms with Crippen molar-refractivity contribution in [1.82, 2.24) is 24.2 Å². The van der Waals surface area contributed by atoms with Gasteiger partial charge in [-0.15, -0.1) is 11.3 Å². The molecule has 1 amide bonds. The van der Waals surface area contributed by atoms with E-state index in [1.165, 1.54) is 26.0 Å². The summed E-state index contributed by atoms with van der Waals surface area (Å²) in [6, 6.07) is 2.06. The minimum atomic E-state index is -0.262. The highest BCUT2D eigenvalue weighted by Crippen LogP contribution is 2.24. The summed E-state index contributed by atoms with van der Waals surface area (Å²) in [6.45, 7) is 1.29. The van der Waals surface area contributed by atoms with E-state index < -0.39 is 0 Å². The molecule has 1 aliphatic heterocycles. The molecule has 0 saturated heterocycles. The molecule has 4 heterocycles. The van der Waals surface area contributed by atoms with Gasteiger partial charge in [-0.3, -0.25) is 14.2 Å². The average molecular weight is 408 g/mol. The van der Waals surface area contributed by atoms with Crippen LogP contribution in [0, 0.1) is 0 Å². The fourth-order valence-corrected chi connectivity index (χ4v) is 4.43. The lowest BCUT2D eigenvalue weighted by molar-refractivity contribution is -0.132. The number of rotatable bonds is 2. The van der Waals surface area contributed by atoms with Crippen LogP contribution in [0.2, 0.25) is 0 Å². The molecule has 0 atom stereocenters. The number of carbonyl (C=O) groups is 1. The number of amides is 1. The molecule has 0 aromatic carbocycles. The van der Waals surface area contributed by atoms with E-state index >= 15 is 0 Å². The van der Waals surface area contributed by atoms with Crippen LogP contribution in [-0.2, 0) is 31.4 Å². The smallest absolute Gasteiger partial charge is 0.266 e. The molecule has 1 aliphatic rings. The minimum absolute atomic E-state index is 0.0113. The number of aryl methyl sites for hydroxylation is 1. The third-order valence-electron chi connectivity index (χ3n) is 4.23. The Balaban J connectivity index is 1.61. The number of nitrogens with zero attached hydrogens (tertiary/aromatic N) is 5. The van der Waals surface area contributed by atoms with E-state index in [-0.39, 0.29) is 18.0 Å². The third kappa shape index (κ3) is 2.48. The Kier molecular flexibility index (Phi) is 3.76. The van der Waals surface area contributed by atoms with E-state index in [1.807, 2.05) is 0 Å². The lowest BCUT2D eigenvalue weighted by atomic mass is 10.1. The van der Waals surface area contributed by atoms with Crippen molar-refractivity contribution in [2.24, 2.45) is 7.05 Å². The Labute approximate surface area is 149 Å². The van der Waals surface area contributed by atoms with E-state index in [0.717, 1.165) is 6.42 Å². The first-order chi connectivity index (χ1) is 11.5. The summed E-state index contributed by atoms with van der Waals surface area (Å²) in [7, 11) is 1.72. The van der Waals surface area contributed by atoms with E-state index in [2.05, 4.69) is 37.5 Å². The second-order valence-corrected chi connectivity index (χ2v) is 7.48. The van der Waals surface area contributed by atoms with Crippen molar-refractivity contribution in [1.29, 1.82) is 0 Å². The molecular formula is C15H14BrN5O2S. The first-order valence-corrected chi connectivity index (χ1v) is 9.12. The fourth-order valence-electron chi connectivity index (χ4n) is 2.96. The molecule has 3 aromatic heterocycles. The molecule has 7 nitrogen and oxygen atoms in total. The Morgan fingerprint density at radius 3 is 3.12 bits per heavy atom. The molecule has 4 rings (SSSR count). The van der Waals surface area contributed by atoms with Crippen LogP contribution in [-0.4, -0.2) is 36.7 Å². The number of aromatic nitrogens is 4. The van der Waals surface area contributed by atoms with E-state index in [4.69, 9.17) is 0 Å². The fraction of sp³-hybridized carbons (Fsp3) is 0.333. The second kappa shape index (κ2) is 5.82. The maximum absolute atomic E-state index is 12.6. The second-order valence-electron chi connectivity index (χ2n) is 5.72. The molecule has 0 aliphatic carbocycles. The zero-order valence-electron chi connectivity index (χ0n) is 12.9. The van der Waals surface area contributed by atoms with Gasteiger partial charge in [0.2, 0.25) is 5.91 Å². The zero-order chi connectivity index (χ0) is 16.8. The van der Waals surface area contributed by atoms with E-state index in [1.54, 1.807) is 23.3 Å². The highest BCUT2D eigenvalue weighted by molar-refractivity contribution is 9.10. The highest BCUT2D eigenvalue weighted by atomic mass is 79.9. The van der Waals surface area contributed by atoms with Gasteiger partial charge in [0.25, 0.3) is 5.56 Å². The first kappa shape index (κ1) is 15.5. The lowest BCUT2D eigenvalue weighted by Gasteiger charge is -2.27. The minimum Gasteiger partial charge on any atom is -0.336 e. The van der Waals surface area contributed by atoms with Crippen molar-refractivity contribution < 1.29 is 4.79 Å². The third-order valence-corrected chi connectivity index (χ3v) is 5.81. The van der Waals surface area contributed by atoms with Crippen LogP contribution < -0.4 is 5.56 Å². The van der Waals surface area contributed by atoms with Crippen LogP contribution in [0.3, 0.4) is 0 Å². The van der Waals surface area contributed by atoms with Gasteiger partial charge in [-0.25, -0.2) is 9.67 Å². The Morgan fingerprint density at radius 1 is 1.46 bits per heavy atom. The standard InChI is InChI=1S/C15H14BrN5O2S/c1-19-14-12(13(16)18-19)15(23)21(8-17-14)7-11(22)20-4-2-10-9(6-20)3-5-24-10/h3,5,8H,2,4,6-7H2,1H3. The summed E-state index contributed by atoms with van der Waals surface area (Å²) in [5.41, 5.74) is 1.44. The predicted octanol–water partition coefficient (Wildman–Crippen LogP) is 1.54. The summed E-state index contributed by atoms with van der Waals surface area (Å²) in [4.78, 5) is 32.6. The molecule has 124 valence electrons. The number of hydrogen-bond donors (Lipinski definition) is 0. The predicted molar refractivity (Wildman–Crippen MR) is 93.9 cm³/mol. The SMILES string of the molecule is Cn1nc(Br)c2c(=O)n(CC(=O)N3CCc4sccc4C3)cnc21. The van der Waals surface area contributed by atoms with Crippen molar-refractivity contribution in [3.8, 4) is 0 Å². The van der Waals surface area contributed by atoms with Crippen LogP contribution in [0.5, 0.6) is 0 Å².